The molecule has 1 aromatic rings. The molecule has 0 saturated heterocycles. The number of benzene rings is 1. The summed E-state index contributed by atoms with van der Waals surface area (Å²) in [4.78, 5) is 24.2. The van der Waals surface area contributed by atoms with Gasteiger partial charge in [0.1, 0.15) is 6.61 Å². The van der Waals surface area contributed by atoms with E-state index in [1.165, 1.54) is 0 Å². The van der Waals surface area contributed by atoms with Gasteiger partial charge >= 0.3 is 11.9 Å². The summed E-state index contributed by atoms with van der Waals surface area (Å²) in [5.41, 5.74) is 0.352. The van der Waals surface area contributed by atoms with Crippen LogP contribution < -0.4 is 0 Å². The lowest BCUT2D eigenvalue weighted by Crippen LogP contribution is -2.34. The van der Waals surface area contributed by atoms with Gasteiger partial charge < -0.3 is 9.84 Å². The smallest absolute Gasteiger partial charge is 0.312 e. The minimum Gasteiger partial charge on any atom is -0.481 e. The Morgan fingerprint density at radius 1 is 1.22 bits per heavy atom. The van der Waals surface area contributed by atoms with E-state index >= 15 is 0 Å². The van der Waals surface area contributed by atoms with E-state index in [4.69, 9.17) is 4.74 Å². The van der Waals surface area contributed by atoms with Crippen molar-refractivity contribution in [2.24, 2.45) is 11.3 Å². The van der Waals surface area contributed by atoms with Crippen LogP contribution in [0.3, 0.4) is 0 Å². The maximum atomic E-state index is 12.7. The highest BCUT2D eigenvalue weighted by Gasteiger charge is 2.45. The molecule has 0 radical (unpaired) electrons. The summed E-state index contributed by atoms with van der Waals surface area (Å²) in [6.45, 7) is 2.23. The van der Waals surface area contributed by atoms with Crippen molar-refractivity contribution in [1.82, 2.24) is 0 Å². The molecule has 126 valence electrons. The molecular formula is C19H26O4. The Hall–Kier alpha value is -1.84. The molecular weight excluding hydrogens is 292 g/mol. The summed E-state index contributed by atoms with van der Waals surface area (Å²) < 4.78 is 5.54. The van der Waals surface area contributed by atoms with Crippen LogP contribution in [0.2, 0.25) is 0 Å². The molecule has 1 unspecified atom stereocenters. The Bertz CT molecular complexity index is 517. The third kappa shape index (κ3) is 4.57. The van der Waals surface area contributed by atoms with Crippen molar-refractivity contribution in [1.29, 1.82) is 0 Å². The molecule has 1 atom stereocenters. The summed E-state index contributed by atoms with van der Waals surface area (Å²) in [5, 5.41) is 9.42. The quantitative estimate of drug-likeness (QED) is 0.730. The summed E-state index contributed by atoms with van der Waals surface area (Å²) in [7, 11) is 0. The molecule has 2 rings (SSSR count). The van der Waals surface area contributed by atoms with E-state index in [1.54, 1.807) is 0 Å². The van der Waals surface area contributed by atoms with Crippen LogP contribution in [-0.4, -0.2) is 17.0 Å². The van der Waals surface area contributed by atoms with Crippen LogP contribution in [0.5, 0.6) is 0 Å². The van der Waals surface area contributed by atoms with Crippen LogP contribution in [0, 0.1) is 11.3 Å². The summed E-state index contributed by atoms with van der Waals surface area (Å²) in [6.07, 6.45) is 5.26. The first-order valence-corrected chi connectivity index (χ1v) is 8.51. The van der Waals surface area contributed by atoms with Crippen molar-refractivity contribution in [2.45, 2.75) is 58.5 Å². The summed E-state index contributed by atoms with van der Waals surface area (Å²) in [6, 6.07) is 9.59. The van der Waals surface area contributed by atoms with E-state index in [9.17, 15) is 14.7 Å². The Morgan fingerprint density at radius 2 is 1.87 bits per heavy atom. The van der Waals surface area contributed by atoms with E-state index in [0.717, 1.165) is 37.7 Å². The molecule has 1 saturated carbocycles. The van der Waals surface area contributed by atoms with Gasteiger partial charge in [-0.05, 0) is 31.2 Å². The average Bonchev–Trinajstić information content (AvgIpc) is 3.03. The molecule has 23 heavy (non-hydrogen) atoms. The van der Waals surface area contributed by atoms with Gasteiger partial charge in [0.05, 0.1) is 11.3 Å². The second-order valence-corrected chi connectivity index (χ2v) is 6.58. The van der Waals surface area contributed by atoms with Crippen molar-refractivity contribution in [2.75, 3.05) is 0 Å². The van der Waals surface area contributed by atoms with Crippen LogP contribution in [0.4, 0.5) is 0 Å². The van der Waals surface area contributed by atoms with Crippen LogP contribution in [0.15, 0.2) is 30.3 Å². The Balaban J connectivity index is 2.03. The number of carbonyl (C=O) groups excluding carboxylic acids is 1. The van der Waals surface area contributed by atoms with E-state index in [-0.39, 0.29) is 12.6 Å². The van der Waals surface area contributed by atoms with Crippen molar-refractivity contribution >= 4 is 11.9 Å². The van der Waals surface area contributed by atoms with E-state index in [0.29, 0.717) is 12.8 Å². The number of hydrogen-bond acceptors (Lipinski definition) is 3. The monoisotopic (exact) mass is 318 g/mol. The lowest BCUT2D eigenvalue weighted by atomic mass is 9.76. The van der Waals surface area contributed by atoms with Gasteiger partial charge in [-0.2, -0.15) is 0 Å². The van der Waals surface area contributed by atoms with Gasteiger partial charge in [0.15, 0.2) is 0 Å². The van der Waals surface area contributed by atoms with Gasteiger partial charge in [0, 0.05) is 0 Å². The number of ether oxygens (including phenoxy) is 1. The molecule has 0 aliphatic heterocycles. The molecule has 4 nitrogen and oxygen atoms in total. The second kappa shape index (κ2) is 8.14. The topological polar surface area (TPSA) is 63.6 Å². The van der Waals surface area contributed by atoms with Crippen LogP contribution >= 0.6 is 0 Å². The molecule has 0 amide bonds. The first-order valence-electron chi connectivity index (χ1n) is 8.51. The molecule has 0 bridgehead atoms. The van der Waals surface area contributed by atoms with Crippen LogP contribution in [0.1, 0.15) is 57.4 Å². The fraction of sp³-hybridized carbons (Fsp3) is 0.579. The molecule has 1 fully saturated rings. The van der Waals surface area contributed by atoms with Gasteiger partial charge in [0.2, 0.25) is 0 Å². The van der Waals surface area contributed by atoms with Gasteiger partial charge in [-0.15, -0.1) is 0 Å². The normalized spacial score (nSPS) is 17.6. The first kappa shape index (κ1) is 17.5. The molecule has 1 N–H and O–H groups in total. The second-order valence-electron chi connectivity index (χ2n) is 6.58. The summed E-state index contributed by atoms with van der Waals surface area (Å²) in [5.74, 6) is -1.47. The van der Waals surface area contributed by atoms with E-state index in [2.05, 4.69) is 0 Å². The molecule has 1 aromatic carbocycles. The molecule has 0 aromatic heterocycles. The minimum absolute atomic E-state index is 0.221. The maximum Gasteiger partial charge on any atom is 0.312 e. The lowest BCUT2D eigenvalue weighted by Gasteiger charge is -2.29. The van der Waals surface area contributed by atoms with Gasteiger partial charge in [-0.25, -0.2) is 0 Å². The standard InChI is InChI=1S/C19H26O4/c1-2-8-16(17(20)21)13-19(11-6-7-12-19)18(22)23-14-15-9-4-3-5-10-15/h3-5,9-10,16H,2,6-8,11-14H2,1H3,(H,20,21). The van der Waals surface area contributed by atoms with Crippen LogP contribution in [0.25, 0.3) is 0 Å². The summed E-state index contributed by atoms with van der Waals surface area (Å²) >= 11 is 0. The average molecular weight is 318 g/mol. The lowest BCUT2D eigenvalue weighted by molar-refractivity contribution is -0.159. The third-order valence-corrected chi connectivity index (χ3v) is 4.83. The molecule has 1 aliphatic carbocycles. The predicted octanol–water partition coefficient (Wildman–Crippen LogP) is 4.18. The third-order valence-electron chi connectivity index (χ3n) is 4.83. The van der Waals surface area contributed by atoms with Crippen molar-refractivity contribution in [3.63, 3.8) is 0 Å². The molecule has 1 aliphatic rings. The molecule has 4 heteroatoms. The van der Waals surface area contributed by atoms with Crippen molar-refractivity contribution in [3.05, 3.63) is 35.9 Å². The van der Waals surface area contributed by atoms with Gasteiger partial charge in [0.25, 0.3) is 0 Å². The number of carbonyl (C=O) groups is 2. The zero-order valence-corrected chi connectivity index (χ0v) is 13.8. The van der Waals surface area contributed by atoms with Crippen molar-refractivity contribution < 1.29 is 19.4 Å². The number of esters is 1. The maximum absolute atomic E-state index is 12.7. The van der Waals surface area contributed by atoms with Crippen LogP contribution in [-0.2, 0) is 20.9 Å². The fourth-order valence-electron chi connectivity index (χ4n) is 3.55. The zero-order chi connectivity index (χ0) is 16.7. The Labute approximate surface area is 137 Å². The SMILES string of the molecule is CCCC(CC1(C(=O)OCc2ccccc2)CCCC1)C(=O)O. The highest BCUT2D eigenvalue weighted by Crippen LogP contribution is 2.45. The predicted molar refractivity (Wildman–Crippen MR) is 87.8 cm³/mol. The van der Waals surface area contributed by atoms with Gasteiger partial charge in [-0.1, -0.05) is 56.5 Å². The van der Waals surface area contributed by atoms with Gasteiger partial charge in [-0.3, -0.25) is 9.59 Å². The highest BCUT2D eigenvalue weighted by molar-refractivity contribution is 5.79. The fourth-order valence-corrected chi connectivity index (χ4v) is 3.55. The van der Waals surface area contributed by atoms with Crippen molar-refractivity contribution in [3.8, 4) is 0 Å². The number of aliphatic carboxylic acids is 1. The minimum atomic E-state index is -0.797. The number of rotatable bonds is 8. The molecule has 0 heterocycles. The number of carboxylic acids is 1. The Kier molecular flexibility index (Phi) is 6.20. The first-order chi connectivity index (χ1) is 11.1. The molecule has 0 spiro atoms. The number of hydrogen-bond donors (Lipinski definition) is 1. The Morgan fingerprint density at radius 3 is 2.43 bits per heavy atom. The number of carboxylic acid groups (broad SMARTS) is 1. The van der Waals surface area contributed by atoms with E-state index < -0.39 is 17.3 Å². The highest BCUT2D eigenvalue weighted by atomic mass is 16.5. The van der Waals surface area contributed by atoms with E-state index in [1.807, 2.05) is 37.3 Å². The zero-order valence-electron chi connectivity index (χ0n) is 13.8. The largest absolute Gasteiger partial charge is 0.481 e.